The summed E-state index contributed by atoms with van der Waals surface area (Å²) in [6.07, 6.45) is 7.92. The predicted octanol–water partition coefficient (Wildman–Crippen LogP) is 2.03. The highest BCUT2D eigenvalue weighted by Crippen LogP contribution is 2.27. The van der Waals surface area contributed by atoms with Crippen molar-refractivity contribution in [3.8, 4) is 0 Å². The molecular formula is C17H28N2O4. The van der Waals surface area contributed by atoms with E-state index in [-0.39, 0.29) is 18.1 Å². The van der Waals surface area contributed by atoms with Crippen LogP contribution < -0.4 is 0 Å². The van der Waals surface area contributed by atoms with Crippen molar-refractivity contribution in [3.05, 3.63) is 0 Å². The van der Waals surface area contributed by atoms with E-state index in [2.05, 4.69) is 0 Å². The van der Waals surface area contributed by atoms with E-state index in [1.807, 2.05) is 4.90 Å². The fraction of sp³-hybridized carbons (Fsp3) is 0.882. The van der Waals surface area contributed by atoms with Gasteiger partial charge in [-0.25, -0.2) is 4.79 Å². The second-order valence-corrected chi connectivity index (χ2v) is 6.95. The number of hydrogen-bond donors (Lipinski definition) is 0. The Morgan fingerprint density at radius 2 is 1.61 bits per heavy atom. The Hall–Kier alpha value is -1.30. The summed E-state index contributed by atoms with van der Waals surface area (Å²) in [6.45, 7) is 3.40. The van der Waals surface area contributed by atoms with Gasteiger partial charge < -0.3 is 19.3 Å². The van der Waals surface area contributed by atoms with Gasteiger partial charge in [0.1, 0.15) is 0 Å². The zero-order valence-electron chi connectivity index (χ0n) is 13.9. The van der Waals surface area contributed by atoms with E-state index in [1.165, 1.54) is 32.1 Å². The van der Waals surface area contributed by atoms with Gasteiger partial charge in [-0.2, -0.15) is 0 Å². The molecule has 0 unspecified atom stereocenters. The lowest BCUT2D eigenvalue weighted by atomic mass is 9.86. The molecule has 1 saturated carbocycles. The van der Waals surface area contributed by atoms with Crippen LogP contribution in [-0.4, -0.2) is 67.3 Å². The predicted molar refractivity (Wildman–Crippen MR) is 85.1 cm³/mol. The first-order chi connectivity index (χ1) is 11.2. The molecule has 0 N–H and O–H groups in total. The number of nitrogens with zero attached hydrogens (tertiary/aromatic N) is 2. The summed E-state index contributed by atoms with van der Waals surface area (Å²) in [5.41, 5.74) is 0. The van der Waals surface area contributed by atoms with Crippen molar-refractivity contribution in [2.45, 2.75) is 51.0 Å². The Labute approximate surface area is 138 Å². The molecule has 6 heteroatoms. The van der Waals surface area contributed by atoms with Crippen LogP contribution in [0.5, 0.6) is 0 Å². The van der Waals surface area contributed by atoms with Crippen molar-refractivity contribution in [1.29, 1.82) is 0 Å². The number of hydrogen-bond acceptors (Lipinski definition) is 4. The van der Waals surface area contributed by atoms with Gasteiger partial charge >= 0.3 is 6.09 Å². The maximum atomic E-state index is 12.3. The fourth-order valence-corrected chi connectivity index (χ4v) is 3.60. The Morgan fingerprint density at radius 1 is 0.957 bits per heavy atom. The highest BCUT2D eigenvalue weighted by molar-refractivity contribution is 5.76. The van der Waals surface area contributed by atoms with Gasteiger partial charge in [-0.05, 0) is 12.3 Å². The van der Waals surface area contributed by atoms with E-state index in [1.54, 1.807) is 4.90 Å². The Balaban J connectivity index is 1.34. The molecule has 3 fully saturated rings. The van der Waals surface area contributed by atoms with E-state index in [9.17, 15) is 9.59 Å². The molecule has 2 amide bonds. The summed E-state index contributed by atoms with van der Waals surface area (Å²) < 4.78 is 10.3. The van der Waals surface area contributed by atoms with Crippen molar-refractivity contribution < 1.29 is 19.1 Å². The summed E-state index contributed by atoms with van der Waals surface area (Å²) in [5.74, 6) is 0.990. The van der Waals surface area contributed by atoms with E-state index < -0.39 is 0 Å². The molecule has 23 heavy (non-hydrogen) atoms. The maximum absolute atomic E-state index is 12.3. The third-order valence-corrected chi connectivity index (χ3v) is 5.26. The monoisotopic (exact) mass is 324 g/mol. The van der Waals surface area contributed by atoms with Crippen LogP contribution in [-0.2, 0) is 14.3 Å². The van der Waals surface area contributed by atoms with Crippen LogP contribution in [0.3, 0.4) is 0 Å². The highest BCUT2D eigenvalue weighted by atomic mass is 16.6. The third kappa shape index (κ3) is 4.59. The molecule has 3 rings (SSSR count). The zero-order valence-corrected chi connectivity index (χ0v) is 13.9. The molecule has 130 valence electrons. The quantitative estimate of drug-likeness (QED) is 0.794. The molecule has 2 aliphatic heterocycles. The number of rotatable bonds is 4. The Kier molecular flexibility index (Phi) is 5.75. The van der Waals surface area contributed by atoms with Crippen LogP contribution >= 0.6 is 0 Å². The minimum absolute atomic E-state index is 0.0855. The summed E-state index contributed by atoms with van der Waals surface area (Å²) in [4.78, 5) is 27.9. The average molecular weight is 324 g/mol. The lowest BCUT2D eigenvalue weighted by Gasteiger charge is -2.36. The van der Waals surface area contributed by atoms with Gasteiger partial charge in [0.05, 0.1) is 13.2 Å². The number of ether oxygens (including phenoxy) is 2. The summed E-state index contributed by atoms with van der Waals surface area (Å²) in [6, 6.07) is 0. The first kappa shape index (κ1) is 16.6. The fourth-order valence-electron chi connectivity index (χ4n) is 3.60. The van der Waals surface area contributed by atoms with Gasteiger partial charge in [-0.15, -0.1) is 0 Å². The normalized spacial score (nSPS) is 23.5. The minimum Gasteiger partial charge on any atom is -0.441 e. The van der Waals surface area contributed by atoms with E-state index in [4.69, 9.17) is 9.47 Å². The molecule has 0 spiro atoms. The molecule has 0 radical (unpaired) electrons. The summed E-state index contributed by atoms with van der Waals surface area (Å²) >= 11 is 0. The van der Waals surface area contributed by atoms with Crippen molar-refractivity contribution in [3.63, 3.8) is 0 Å². The molecule has 2 saturated heterocycles. The molecule has 0 aromatic rings. The van der Waals surface area contributed by atoms with Crippen LogP contribution in [0.2, 0.25) is 0 Å². The first-order valence-corrected chi connectivity index (χ1v) is 9.03. The molecule has 6 nitrogen and oxygen atoms in total. The smallest absolute Gasteiger partial charge is 0.410 e. The standard InChI is InChI=1S/C17H28N2O4/c20-16(7-6-14-4-2-1-3-5-14)18-8-10-19(11-9-18)17(21)23-15-12-22-13-15/h14-15H,1-13H2. The van der Waals surface area contributed by atoms with Crippen LogP contribution in [0.4, 0.5) is 4.79 Å². The largest absolute Gasteiger partial charge is 0.441 e. The highest BCUT2D eigenvalue weighted by Gasteiger charge is 2.29. The molecule has 1 aliphatic carbocycles. The molecule has 0 aromatic heterocycles. The van der Waals surface area contributed by atoms with Gasteiger partial charge in [0.2, 0.25) is 5.91 Å². The lowest BCUT2D eigenvalue weighted by molar-refractivity contribution is -0.134. The average Bonchev–Trinajstić information content (AvgIpc) is 2.57. The topological polar surface area (TPSA) is 59.1 Å². The summed E-state index contributed by atoms with van der Waals surface area (Å²) in [5, 5.41) is 0. The van der Waals surface area contributed by atoms with Crippen LogP contribution in [0.1, 0.15) is 44.9 Å². The molecule has 2 heterocycles. The molecule has 0 atom stereocenters. The molecule has 3 aliphatic rings. The summed E-state index contributed by atoms with van der Waals surface area (Å²) in [7, 11) is 0. The number of carbonyl (C=O) groups is 2. The second kappa shape index (κ2) is 7.99. The Bertz CT molecular complexity index is 411. The van der Waals surface area contributed by atoms with E-state index >= 15 is 0 Å². The van der Waals surface area contributed by atoms with Crippen molar-refractivity contribution >= 4 is 12.0 Å². The van der Waals surface area contributed by atoms with E-state index in [0.29, 0.717) is 45.8 Å². The minimum atomic E-state index is -0.271. The maximum Gasteiger partial charge on any atom is 0.410 e. The van der Waals surface area contributed by atoms with E-state index in [0.717, 1.165) is 12.3 Å². The van der Waals surface area contributed by atoms with Gasteiger partial charge in [0.25, 0.3) is 0 Å². The van der Waals surface area contributed by atoms with Crippen molar-refractivity contribution in [1.82, 2.24) is 9.80 Å². The lowest BCUT2D eigenvalue weighted by Crippen LogP contribution is -2.52. The SMILES string of the molecule is O=C(CCC1CCCCC1)N1CCN(C(=O)OC2COC2)CC1. The second-order valence-electron chi connectivity index (χ2n) is 6.95. The molecule has 0 bridgehead atoms. The molecular weight excluding hydrogens is 296 g/mol. The number of amides is 2. The van der Waals surface area contributed by atoms with Crippen molar-refractivity contribution in [2.75, 3.05) is 39.4 Å². The van der Waals surface area contributed by atoms with Gasteiger partial charge in [0, 0.05) is 32.6 Å². The third-order valence-electron chi connectivity index (χ3n) is 5.26. The van der Waals surface area contributed by atoms with Gasteiger partial charge in [0.15, 0.2) is 6.10 Å². The van der Waals surface area contributed by atoms with Crippen LogP contribution in [0, 0.1) is 5.92 Å². The Morgan fingerprint density at radius 3 is 2.22 bits per heavy atom. The zero-order chi connectivity index (χ0) is 16.1. The first-order valence-electron chi connectivity index (χ1n) is 9.03. The molecule has 0 aromatic carbocycles. The number of carbonyl (C=O) groups excluding carboxylic acids is 2. The van der Waals surface area contributed by atoms with Gasteiger partial charge in [-0.1, -0.05) is 32.1 Å². The van der Waals surface area contributed by atoms with Crippen LogP contribution in [0.15, 0.2) is 0 Å². The van der Waals surface area contributed by atoms with Crippen molar-refractivity contribution in [2.24, 2.45) is 5.92 Å². The number of piperazine rings is 1. The van der Waals surface area contributed by atoms with Crippen LogP contribution in [0.25, 0.3) is 0 Å². The van der Waals surface area contributed by atoms with Gasteiger partial charge in [-0.3, -0.25) is 4.79 Å².